The molecule has 20 heavy (non-hydrogen) atoms. The number of nitrogens with two attached hydrogens (primary N) is 1. The number of hydrazine groups is 2. The summed E-state index contributed by atoms with van der Waals surface area (Å²) in [5, 5.41) is 1.49. The molecule has 1 fully saturated rings. The number of rotatable bonds is 3. The van der Waals surface area contributed by atoms with Crippen LogP contribution in [0.4, 0.5) is 11.4 Å². The highest BCUT2D eigenvalue weighted by molar-refractivity contribution is 5.82. The van der Waals surface area contributed by atoms with Gasteiger partial charge < -0.3 is 0 Å². The second-order valence-electron chi connectivity index (χ2n) is 4.75. The summed E-state index contributed by atoms with van der Waals surface area (Å²) in [5.41, 5.74) is 4.56. The number of carbonyl (C=O) groups is 1. The Kier molecular flexibility index (Phi) is 3.23. The van der Waals surface area contributed by atoms with Crippen LogP contribution in [0, 0.1) is 0 Å². The van der Waals surface area contributed by atoms with E-state index < -0.39 is 0 Å². The van der Waals surface area contributed by atoms with Gasteiger partial charge in [-0.15, -0.1) is 10.1 Å². The average Bonchev–Trinajstić information content (AvgIpc) is 2.86. The van der Waals surface area contributed by atoms with Gasteiger partial charge in [-0.1, -0.05) is 41.5 Å². The quantitative estimate of drug-likeness (QED) is 0.508. The molecule has 102 valence electrons. The molecule has 0 aromatic heterocycles. The predicted octanol–water partition coefficient (Wildman–Crippen LogP) is 1.85. The molecular formula is C15H17N4O+. The van der Waals surface area contributed by atoms with Gasteiger partial charge in [-0.3, -0.25) is 4.79 Å². The van der Waals surface area contributed by atoms with Gasteiger partial charge in [-0.25, -0.2) is 5.84 Å². The van der Waals surface area contributed by atoms with E-state index in [-0.39, 0.29) is 10.5 Å². The molecule has 0 spiro atoms. The molecule has 5 heteroatoms. The number of hydrogen-bond acceptors (Lipinski definition) is 3. The van der Waals surface area contributed by atoms with Crippen LogP contribution in [0.3, 0.4) is 0 Å². The molecule has 0 aliphatic carbocycles. The van der Waals surface area contributed by atoms with Crippen molar-refractivity contribution in [3.8, 4) is 0 Å². The molecule has 3 N–H and O–H groups in total. The van der Waals surface area contributed by atoms with Crippen LogP contribution >= 0.6 is 0 Å². The first-order valence-corrected chi connectivity index (χ1v) is 6.58. The molecule has 0 bridgehead atoms. The molecule has 2 aromatic carbocycles. The summed E-state index contributed by atoms with van der Waals surface area (Å²) in [6.07, 6.45) is 0.452. The summed E-state index contributed by atoms with van der Waals surface area (Å²) in [4.78, 5) is 12.1. The number of para-hydroxylation sites is 2. The third kappa shape index (κ3) is 1.80. The summed E-state index contributed by atoms with van der Waals surface area (Å²) < 4.78 is 0.275. The van der Waals surface area contributed by atoms with Crippen molar-refractivity contribution in [2.75, 3.05) is 6.54 Å². The highest BCUT2D eigenvalue weighted by atomic mass is 16.2. The molecule has 1 aliphatic heterocycles. The molecule has 0 unspecified atom stereocenters. The SMILES string of the molecule is NNN1C(=O)CC[N+]1(c1ccccc1)c1ccccc1. The number of nitrogens with one attached hydrogen (secondary N) is 1. The van der Waals surface area contributed by atoms with Gasteiger partial charge in [0.15, 0.2) is 11.4 Å². The molecule has 0 saturated carbocycles. The Hall–Kier alpha value is -2.21. The summed E-state index contributed by atoms with van der Waals surface area (Å²) in [6.45, 7) is 0.650. The highest BCUT2D eigenvalue weighted by Crippen LogP contribution is 2.39. The van der Waals surface area contributed by atoms with Crippen molar-refractivity contribution >= 4 is 17.3 Å². The summed E-state index contributed by atoms with van der Waals surface area (Å²) >= 11 is 0. The molecule has 1 aliphatic rings. The van der Waals surface area contributed by atoms with E-state index in [0.717, 1.165) is 11.4 Å². The van der Waals surface area contributed by atoms with Crippen LogP contribution in [-0.2, 0) is 4.79 Å². The van der Waals surface area contributed by atoms with Crippen molar-refractivity contribution in [3.05, 3.63) is 60.7 Å². The van der Waals surface area contributed by atoms with Crippen molar-refractivity contribution in [2.24, 2.45) is 5.84 Å². The maximum Gasteiger partial charge on any atom is 0.294 e. The maximum absolute atomic E-state index is 12.1. The Morgan fingerprint density at radius 1 is 0.950 bits per heavy atom. The van der Waals surface area contributed by atoms with Gasteiger partial charge in [-0.2, -0.15) is 0 Å². The molecular weight excluding hydrogens is 252 g/mol. The lowest BCUT2D eigenvalue weighted by molar-refractivity contribution is -0.139. The first kappa shape index (κ1) is 12.8. The van der Waals surface area contributed by atoms with E-state index in [1.807, 2.05) is 60.7 Å². The molecule has 2 aromatic rings. The largest absolute Gasteiger partial charge is 0.294 e. The molecule has 0 atom stereocenters. The third-order valence-corrected chi connectivity index (χ3v) is 3.72. The molecule has 1 amide bonds. The number of nitrogens with zero attached hydrogens (tertiary/aromatic N) is 2. The van der Waals surface area contributed by atoms with Crippen LogP contribution in [0.2, 0.25) is 0 Å². The topological polar surface area (TPSA) is 58.4 Å². The number of carbonyl (C=O) groups excluding carboxylic acids is 1. The Bertz CT molecular complexity index is 560. The van der Waals surface area contributed by atoms with E-state index in [2.05, 4.69) is 5.53 Å². The zero-order chi connectivity index (χ0) is 14.0. The molecule has 3 rings (SSSR count). The van der Waals surface area contributed by atoms with Crippen LogP contribution in [0.25, 0.3) is 0 Å². The fourth-order valence-electron chi connectivity index (χ4n) is 2.81. The monoisotopic (exact) mass is 269 g/mol. The fraction of sp³-hybridized carbons (Fsp3) is 0.133. The van der Waals surface area contributed by atoms with Crippen molar-refractivity contribution in [3.63, 3.8) is 0 Å². The Balaban J connectivity index is 2.21. The lowest BCUT2D eigenvalue weighted by Crippen LogP contribution is -2.62. The minimum absolute atomic E-state index is 0.0137. The van der Waals surface area contributed by atoms with Crippen LogP contribution in [0.5, 0.6) is 0 Å². The number of benzene rings is 2. The van der Waals surface area contributed by atoms with E-state index in [4.69, 9.17) is 5.84 Å². The van der Waals surface area contributed by atoms with Crippen molar-refractivity contribution in [2.45, 2.75) is 6.42 Å². The van der Waals surface area contributed by atoms with E-state index in [1.54, 1.807) is 0 Å². The fourth-order valence-corrected chi connectivity index (χ4v) is 2.81. The zero-order valence-electron chi connectivity index (χ0n) is 11.1. The van der Waals surface area contributed by atoms with Gasteiger partial charge in [0, 0.05) is 24.3 Å². The van der Waals surface area contributed by atoms with Crippen LogP contribution < -0.4 is 16.0 Å². The first-order chi connectivity index (χ1) is 9.79. The number of hydrogen-bond donors (Lipinski definition) is 2. The summed E-state index contributed by atoms with van der Waals surface area (Å²) in [6, 6.07) is 19.8. The number of amides is 1. The van der Waals surface area contributed by atoms with Crippen LogP contribution in [-0.4, -0.2) is 17.6 Å². The van der Waals surface area contributed by atoms with Gasteiger partial charge in [0.25, 0.3) is 5.91 Å². The van der Waals surface area contributed by atoms with Crippen LogP contribution in [0.15, 0.2) is 60.7 Å². The molecule has 1 saturated heterocycles. The molecule has 1 heterocycles. The van der Waals surface area contributed by atoms with Crippen molar-refractivity contribution in [1.82, 2.24) is 15.2 Å². The van der Waals surface area contributed by atoms with E-state index in [9.17, 15) is 4.79 Å². The first-order valence-electron chi connectivity index (χ1n) is 6.58. The lowest BCUT2D eigenvalue weighted by atomic mass is 10.2. The second-order valence-corrected chi connectivity index (χ2v) is 4.75. The summed E-state index contributed by atoms with van der Waals surface area (Å²) in [7, 11) is 0. The Morgan fingerprint density at radius 3 is 1.90 bits per heavy atom. The van der Waals surface area contributed by atoms with E-state index >= 15 is 0 Å². The molecule has 5 nitrogen and oxygen atoms in total. The minimum Gasteiger partial charge on any atom is -0.267 e. The smallest absolute Gasteiger partial charge is 0.267 e. The Morgan fingerprint density at radius 2 is 1.45 bits per heavy atom. The van der Waals surface area contributed by atoms with Gasteiger partial charge >= 0.3 is 0 Å². The number of quaternary nitrogens is 1. The summed E-state index contributed by atoms with van der Waals surface area (Å²) in [5.74, 6) is 5.60. The van der Waals surface area contributed by atoms with E-state index in [1.165, 1.54) is 5.12 Å². The highest BCUT2D eigenvalue weighted by Gasteiger charge is 2.49. The van der Waals surface area contributed by atoms with E-state index in [0.29, 0.717) is 13.0 Å². The van der Waals surface area contributed by atoms with Gasteiger partial charge in [0.05, 0.1) is 6.42 Å². The average molecular weight is 269 g/mol. The normalized spacial score (nSPS) is 17.4. The predicted molar refractivity (Wildman–Crippen MR) is 78.0 cm³/mol. The Labute approximate surface area is 117 Å². The third-order valence-electron chi connectivity index (χ3n) is 3.72. The van der Waals surface area contributed by atoms with Gasteiger partial charge in [-0.05, 0) is 0 Å². The molecule has 0 radical (unpaired) electrons. The van der Waals surface area contributed by atoms with Gasteiger partial charge in [0.1, 0.15) is 6.54 Å². The van der Waals surface area contributed by atoms with Crippen LogP contribution in [0.1, 0.15) is 6.42 Å². The standard InChI is InChI=1S/C15H17N4O/c16-17-18-15(20)11-12-19(18,13-7-3-1-4-8-13)14-9-5-2-6-10-14/h1-10,17H,11-12,16H2/q+1. The maximum atomic E-state index is 12.1. The lowest BCUT2D eigenvalue weighted by Gasteiger charge is -2.37. The van der Waals surface area contributed by atoms with Crippen molar-refractivity contribution in [1.29, 1.82) is 0 Å². The van der Waals surface area contributed by atoms with Gasteiger partial charge in [0.2, 0.25) is 0 Å². The van der Waals surface area contributed by atoms with Crippen molar-refractivity contribution < 1.29 is 4.79 Å². The zero-order valence-corrected chi connectivity index (χ0v) is 11.1. The minimum atomic E-state index is -0.0137. The second kappa shape index (κ2) is 5.05.